The molecule has 62 valence electrons. The lowest BCUT2D eigenvalue weighted by atomic mass is 10.3. The summed E-state index contributed by atoms with van der Waals surface area (Å²) in [4.78, 5) is 3.29. The summed E-state index contributed by atoms with van der Waals surface area (Å²) < 4.78 is 21.6. The van der Waals surface area contributed by atoms with Gasteiger partial charge in [-0.15, -0.1) is 0 Å². The van der Waals surface area contributed by atoms with E-state index in [1.165, 1.54) is 12.3 Å². The van der Waals surface area contributed by atoms with Crippen LogP contribution in [0.4, 0.5) is 0 Å². The third-order valence-corrected chi connectivity index (χ3v) is 2.52. The number of hydrogen-bond donors (Lipinski definition) is 0. The maximum absolute atomic E-state index is 10.8. The molecule has 0 saturated carbocycles. The van der Waals surface area contributed by atoms with Crippen molar-refractivity contribution in [2.24, 2.45) is 0 Å². The monoisotopic (exact) mass is 202 g/mol. The SMILES string of the molecule is N#Cc1ccncc1S(=O)(=O)Cl. The highest BCUT2D eigenvalue weighted by molar-refractivity contribution is 8.13. The Labute approximate surface area is 73.8 Å². The minimum Gasteiger partial charge on any atom is -0.263 e. The highest BCUT2D eigenvalue weighted by atomic mass is 35.7. The summed E-state index contributed by atoms with van der Waals surface area (Å²) in [5.41, 5.74) is 0.000000000000000444. The Morgan fingerprint density at radius 3 is 2.67 bits per heavy atom. The number of hydrogen-bond acceptors (Lipinski definition) is 4. The summed E-state index contributed by atoms with van der Waals surface area (Å²) in [6.07, 6.45) is 2.37. The lowest BCUT2D eigenvalue weighted by Gasteiger charge is -1.95. The third-order valence-electron chi connectivity index (χ3n) is 1.17. The van der Waals surface area contributed by atoms with Crippen molar-refractivity contribution in [2.45, 2.75) is 4.90 Å². The molecular weight excluding hydrogens is 200 g/mol. The second-order valence-electron chi connectivity index (χ2n) is 1.92. The number of aromatic nitrogens is 1. The van der Waals surface area contributed by atoms with E-state index >= 15 is 0 Å². The van der Waals surface area contributed by atoms with E-state index in [1.54, 1.807) is 6.07 Å². The molecule has 0 aliphatic heterocycles. The predicted octanol–water partition coefficient (Wildman–Crippen LogP) is 0.881. The molecule has 12 heavy (non-hydrogen) atoms. The van der Waals surface area contributed by atoms with Gasteiger partial charge in [0.05, 0.1) is 5.56 Å². The van der Waals surface area contributed by atoms with Crippen molar-refractivity contribution < 1.29 is 8.42 Å². The predicted molar refractivity (Wildman–Crippen MR) is 42.0 cm³/mol. The first-order chi connectivity index (χ1) is 5.55. The Morgan fingerprint density at radius 1 is 1.58 bits per heavy atom. The van der Waals surface area contributed by atoms with Gasteiger partial charge in [0.15, 0.2) is 0 Å². The first kappa shape index (κ1) is 8.97. The van der Waals surface area contributed by atoms with Crippen molar-refractivity contribution >= 4 is 19.7 Å². The number of pyridine rings is 1. The molecule has 1 heterocycles. The fraction of sp³-hybridized carbons (Fsp3) is 0. The molecule has 4 nitrogen and oxygen atoms in total. The molecule has 1 aromatic heterocycles. The Bertz CT molecular complexity index is 435. The van der Waals surface area contributed by atoms with Crippen LogP contribution in [0.2, 0.25) is 0 Å². The molecule has 0 unspecified atom stereocenters. The standard InChI is InChI=1S/C6H3ClN2O2S/c7-12(10,11)6-4-9-2-1-5(6)3-8/h1-2,4H. The second kappa shape index (κ2) is 3.09. The van der Waals surface area contributed by atoms with Gasteiger partial charge in [-0.1, -0.05) is 0 Å². The van der Waals surface area contributed by atoms with Crippen LogP contribution < -0.4 is 0 Å². The van der Waals surface area contributed by atoms with E-state index in [4.69, 9.17) is 15.9 Å². The third kappa shape index (κ3) is 1.72. The molecule has 0 aliphatic rings. The van der Waals surface area contributed by atoms with E-state index in [-0.39, 0.29) is 10.5 Å². The van der Waals surface area contributed by atoms with Crippen LogP contribution in [-0.2, 0) is 9.05 Å². The molecule has 0 amide bonds. The van der Waals surface area contributed by atoms with Crippen LogP contribution in [0.1, 0.15) is 5.56 Å². The highest BCUT2D eigenvalue weighted by Gasteiger charge is 2.14. The zero-order chi connectivity index (χ0) is 9.19. The van der Waals surface area contributed by atoms with E-state index in [0.29, 0.717) is 0 Å². The van der Waals surface area contributed by atoms with Gasteiger partial charge in [0.1, 0.15) is 11.0 Å². The van der Waals surface area contributed by atoms with Gasteiger partial charge in [-0.25, -0.2) is 8.42 Å². The van der Waals surface area contributed by atoms with Crippen molar-refractivity contribution in [3.8, 4) is 6.07 Å². The molecule has 0 N–H and O–H groups in total. The largest absolute Gasteiger partial charge is 0.264 e. The maximum Gasteiger partial charge on any atom is 0.264 e. The normalized spacial score (nSPS) is 10.7. The zero-order valence-electron chi connectivity index (χ0n) is 5.73. The van der Waals surface area contributed by atoms with E-state index in [0.717, 1.165) is 6.20 Å². The molecule has 6 heteroatoms. The van der Waals surface area contributed by atoms with Crippen LogP contribution in [0.25, 0.3) is 0 Å². The summed E-state index contributed by atoms with van der Waals surface area (Å²) in [5.74, 6) is 0. The van der Waals surface area contributed by atoms with E-state index < -0.39 is 9.05 Å². The minimum atomic E-state index is -3.86. The summed E-state index contributed by atoms with van der Waals surface area (Å²) in [6, 6.07) is 2.99. The second-order valence-corrected chi connectivity index (χ2v) is 4.46. The van der Waals surface area contributed by atoms with Gasteiger partial charge in [-0.2, -0.15) is 5.26 Å². The molecule has 1 aromatic rings. The first-order valence-electron chi connectivity index (χ1n) is 2.84. The van der Waals surface area contributed by atoms with Gasteiger partial charge in [0.25, 0.3) is 9.05 Å². The smallest absolute Gasteiger partial charge is 0.263 e. The molecule has 0 bridgehead atoms. The number of nitrogens with zero attached hydrogens (tertiary/aromatic N) is 2. The van der Waals surface area contributed by atoms with Crippen molar-refractivity contribution in [3.63, 3.8) is 0 Å². The fourth-order valence-electron chi connectivity index (χ4n) is 0.667. The Morgan fingerprint density at radius 2 is 2.25 bits per heavy atom. The molecule has 0 aromatic carbocycles. The summed E-state index contributed by atoms with van der Waals surface area (Å²) in [7, 11) is 1.17. The van der Waals surface area contributed by atoms with Gasteiger partial charge in [-0.05, 0) is 6.07 Å². The van der Waals surface area contributed by atoms with E-state index in [1.807, 2.05) is 0 Å². The molecule has 0 fully saturated rings. The lowest BCUT2D eigenvalue weighted by Crippen LogP contribution is -1.95. The van der Waals surface area contributed by atoms with Crippen LogP contribution >= 0.6 is 10.7 Å². The molecule has 0 atom stereocenters. The van der Waals surface area contributed by atoms with Gasteiger partial charge in [0.2, 0.25) is 0 Å². The number of rotatable bonds is 1. The van der Waals surface area contributed by atoms with Crippen LogP contribution in [0, 0.1) is 11.3 Å². The topological polar surface area (TPSA) is 70.8 Å². The summed E-state index contributed by atoms with van der Waals surface area (Å²) in [5, 5.41) is 8.48. The molecule has 0 aliphatic carbocycles. The van der Waals surface area contributed by atoms with Gasteiger partial charge < -0.3 is 0 Å². The number of halogens is 1. The van der Waals surface area contributed by atoms with Crippen molar-refractivity contribution in [3.05, 3.63) is 24.0 Å². The van der Waals surface area contributed by atoms with Gasteiger partial charge >= 0.3 is 0 Å². The average Bonchev–Trinajstić information content (AvgIpc) is 2.03. The van der Waals surface area contributed by atoms with Crippen LogP contribution in [0.15, 0.2) is 23.4 Å². The summed E-state index contributed by atoms with van der Waals surface area (Å²) in [6.45, 7) is 0. The molecule has 0 spiro atoms. The Kier molecular flexibility index (Phi) is 2.31. The average molecular weight is 203 g/mol. The van der Waals surface area contributed by atoms with Gasteiger partial charge in [0, 0.05) is 23.1 Å². The highest BCUT2D eigenvalue weighted by Crippen LogP contribution is 2.17. The van der Waals surface area contributed by atoms with E-state index in [2.05, 4.69) is 4.98 Å². The summed E-state index contributed by atoms with van der Waals surface area (Å²) >= 11 is 0. The van der Waals surface area contributed by atoms with Crippen LogP contribution in [0.3, 0.4) is 0 Å². The molecule has 1 rings (SSSR count). The van der Waals surface area contributed by atoms with Crippen LogP contribution in [0.5, 0.6) is 0 Å². The van der Waals surface area contributed by atoms with Crippen LogP contribution in [-0.4, -0.2) is 13.4 Å². The Balaban J connectivity index is 3.47. The van der Waals surface area contributed by atoms with Crippen molar-refractivity contribution in [1.29, 1.82) is 5.26 Å². The fourth-order valence-corrected chi connectivity index (χ4v) is 1.60. The van der Waals surface area contributed by atoms with Crippen molar-refractivity contribution in [2.75, 3.05) is 0 Å². The molecular formula is C6H3ClN2O2S. The Hall–Kier alpha value is -1.12. The minimum absolute atomic E-state index is 0.000000000000000444. The zero-order valence-corrected chi connectivity index (χ0v) is 7.30. The molecule has 0 radical (unpaired) electrons. The maximum atomic E-state index is 10.8. The van der Waals surface area contributed by atoms with E-state index in [9.17, 15) is 8.42 Å². The van der Waals surface area contributed by atoms with Crippen molar-refractivity contribution in [1.82, 2.24) is 4.98 Å². The lowest BCUT2D eigenvalue weighted by molar-refractivity contribution is 0.609. The van der Waals surface area contributed by atoms with Gasteiger partial charge in [-0.3, -0.25) is 4.98 Å². The number of nitriles is 1. The first-order valence-corrected chi connectivity index (χ1v) is 5.15. The molecule has 0 saturated heterocycles. The quantitative estimate of drug-likeness (QED) is 0.634.